The summed E-state index contributed by atoms with van der Waals surface area (Å²) < 4.78 is 0. The molecule has 12 heavy (non-hydrogen) atoms. The number of nitrogens with zero attached hydrogens (tertiary/aromatic N) is 1. The Bertz CT molecular complexity index is 235. The van der Waals surface area contributed by atoms with Crippen molar-refractivity contribution in [3.63, 3.8) is 0 Å². The van der Waals surface area contributed by atoms with Gasteiger partial charge < -0.3 is 5.11 Å². The van der Waals surface area contributed by atoms with E-state index in [-0.39, 0.29) is 6.10 Å². The summed E-state index contributed by atoms with van der Waals surface area (Å²) in [6.07, 6.45) is 0.843. The van der Waals surface area contributed by atoms with Gasteiger partial charge in [0.1, 0.15) is 0 Å². The van der Waals surface area contributed by atoms with Gasteiger partial charge in [-0.05, 0) is 17.9 Å². The van der Waals surface area contributed by atoms with Crippen LogP contribution < -0.4 is 0 Å². The highest BCUT2D eigenvalue weighted by molar-refractivity contribution is 7.09. The summed E-state index contributed by atoms with van der Waals surface area (Å²) in [7, 11) is 0. The molecule has 0 radical (unpaired) electrons. The van der Waals surface area contributed by atoms with Gasteiger partial charge in [-0.15, -0.1) is 11.3 Å². The molecule has 0 amide bonds. The molecule has 1 aliphatic heterocycles. The summed E-state index contributed by atoms with van der Waals surface area (Å²) in [5.41, 5.74) is 0. The second-order valence-corrected chi connectivity index (χ2v) is 4.29. The molecule has 0 saturated carbocycles. The third-order valence-corrected chi connectivity index (χ3v) is 3.07. The van der Waals surface area contributed by atoms with Gasteiger partial charge in [-0.25, -0.2) is 0 Å². The van der Waals surface area contributed by atoms with E-state index in [4.69, 9.17) is 0 Å². The Balaban J connectivity index is 1.88. The zero-order chi connectivity index (χ0) is 8.39. The molecule has 2 rings (SSSR count). The van der Waals surface area contributed by atoms with E-state index < -0.39 is 0 Å². The Morgan fingerprint density at radius 1 is 1.67 bits per heavy atom. The van der Waals surface area contributed by atoms with E-state index in [1.54, 1.807) is 11.3 Å². The van der Waals surface area contributed by atoms with Crippen LogP contribution in [0.1, 0.15) is 11.3 Å². The summed E-state index contributed by atoms with van der Waals surface area (Å²) >= 11 is 1.79. The minimum Gasteiger partial charge on any atom is -0.392 e. The SMILES string of the molecule is OC1CCN(Cc2cccs2)C1. The molecule has 3 heteroatoms. The summed E-state index contributed by atoms with van der Waals surface area (Å²) in [5.74, 6) is 0. The van der Waals surface area contributed by atoms with Gasteiger partial charge in [-0.3, -0.25) is 4.90 Å². The van der Waals surface area contributed by atoms with Crippen molar-refractivity contribution in [1.29, 1.82) is 0 Å². The van der Waals surface area contributed by atoms with Crippen LogP contribution >= 0.6 is 11.3 Å². The molecule has 66 valence electrons. The van der Waals surface area contributed by atoms with Gasteiger partial charge in [0, 0.05) is 24.5 Å². The van der Waals surface area contributed by atoms with E-state index in [1.165, 1.54) is 4.88 Å². The van der Waals surface area contributed by atoms with Crippen molar-refractivity contribution in [2.24, 2.45) is 0 Å². The molecular weight excluding hydrogens is 170 g/mol. The van der Waals surface area contributed by atoms with E-state index in [0.29, 0.717) is 0 Å². The molecule has 2 heterocycles. The third-order valence-electron chi connectivity index (χ3n) is 2.21. The molecule has 1 atom stereocenters. The van der Waals surface area contributed by atoms with Crippen molar-refractivity contribution in [1.82, 2.24) is 4.90 Å². The van der Waals surface area contributed by atoms with E-state index >= 15 is 0 Å². The Kier molecular flexibility index (Phi) is 2.44. The van der Waals surface area contributed by atoms with Crippen molar-refractivity contribution >= 4 is 11.3 Å². The van der Waals surface area contributed by atoms with E-state index in [2.05, 4.69) is 22.4 Å². The maximum atomic E-state index is 9.29. The lowest BCUT2D eigenvalue weighted by atomic mass is 10.3. The molecule has 1 saturated heterocycles. The molecular formula is C9H13NOS. The van der Waals surface area contributed by atoms with Gasteiger partial charge in [-0.1, -0.05) is 6.07 Å². The minimum absolute atomic E-state index is 0.0926. The minimum atomic E-state index is -0.0926. The van der Waals surface area contributed by atoms with Crippen molar-refractivity contribution in [2.75, 3.05) is 13.1 Å². The first-order valence-electron chi connectivity index (χ1n) is 4.27. The zero-order valence-electron chi connectivity index (χ0n) is 6.94. The fourth-order valence-electron chi connectivity index (χ4n) is 1.58. The van der Waals surface area contributed by atoms with Crippen molar-refractivity contribution in [3.8, 4) is 0 Å². The average molecular weight is 183 g/mol. The number of aliphatic hydroxyl groups excluding tert-OH is 1. The molecule has 1 aliphatic rings. The van der Waals surface area contributed by atoms with E-state index in [1.807, 2.05) is 0 Å². The third kappa shape index (κ3) is 1.86. The Labute approximate surface area is 76.4 Å². The van der Waals surface area contributed by atoms with Crippen molar-refractivity contribution in [2.45, 2.75) is 19.1 Å². The lowest BCUT2D eigenvalue weighted by molar-refractivity contribution is 0.175. The number of thiophene rings is 1. The predicted octanol–water partition coefficient (Wildman–Crippen LogP) is 1.31. The summed E-state index contributed by atoms with van der Waals surface area (Å²) in [6, 6.07) is 4.22. The number of hydrogen-bond donors (Lipinski definition) is 1. The Hall–Kier alpha value is -0.380. The van der Waals surface area contributed by atoms with Crippen LogP contribution in [0.25, 0.3) is 0 Å². The maximum absolute atomic E-state index is 9.29. The molecule has 1 unspecified atom stereocenters. The first-order chi connectivity index (χ1) is 5.84. The molecule has 1 fully saturated rings. The lowest BCUT2D eigenvalue weighted by Gasteiger charge is -2.12. The van der Waals surface area contributed by atoms with Gasteiger partial charge in [-0.2, -0.15) is 0 Å². The zero-order valence-corrected chi connectivity index (χ0v) is 7.76. The lowest BCUT2D eigenvalue weighted by Crippen LogP contribution is -2.20. The van der Waals surface area contributed by atoms with Crippen molar-refractivity contribution in [3.05, 3.63) is 22.4 Å². The standard InChI is InChI=1S/C9H13NOS/c11-8-3-4-10(6-8)7-9-2-1-5-12-9/h1-2,5,8,11H,3-4,6-7H2. The monoisotopic (exact) mass is 183 g/mol. The number of hydrogen-bond acceptors (Lipinski definition) is 3. The highest BCUT2D eigenvalue weighted by Gasteiger charge is 2.19. The first kappa shape index (κ1) is 8.23. The number of rotatable bonds is 2. The number of β-amino-alcohol motifs (C(OH)–C–C–N with tert-alkyl or cyclic N) is 1. The average Bonchev–Trinajstić information content (AvgIpc) is 2.63. The van der Waals surface area contributed by atoms with Crippen LogP contribution in [0.4, 0.5) is 0 Å². The molecule has 0 bridgehead atoms. The van der Waals surface area contributed by atoms with Gasteiger partial charge in [0.15, 0.2) is 0 Å². The van der Waals surface area contributed by atoms with Gasteiger partial charge in [0.05, 0.1) is 6.10 Å². The van der Waals surface area contributed by atoms with E-state index in [9.17, 15) is 5.11 Å². The predicted molar refractivity (Wildman–Crippen MR) is 50.2 cm³/mol. The number of aliphatic hydroxyl groups is 1. The molecule has 1 aromatic rings. The van der Waals surface area contributed by atoms with Crippen LogP contribution in [-0.4, -0.2) is 29.2 Å². The highest BCUT2D eigenvalue weighted by atomic mass is 32.1. The van der Waals surface area contributed by atoms with Gasteiger partial charge in [0.2, 0.25) is 0 Å². The smallest absolute Gasteiger partial charge is 0.0679 e. The van der Waals surface area contributed by atoms with E-state index in [0.717, 1.165) is 26.1 Å². The summed E-state index contributed by atoms with van der Waals surface area (Å²) in [5, 5.41) is 11.4. The number of likely N-dealkylation sites (tertiary alicyclic amines) is 1. The van der Waals surface area contributed by atoms with Crippen LogP contribution in [0, 0.1) is 0 Å². The molecule has 0 aliphatic carbocycles. The Morgan fingerprint density at radius 3 is 3.17 bits per heavy atom. The summed E-state index contributed by atoms with van der Waals surface area (Å²) in [4.78, 5) is 3.69. The van der Waals surface area contributed by atoms with Crippen LogP contribution in [0.3, 0.4) is 0 Å². The summed E-state index contributed by atoms with van der Waals surface area (Å²) in [6.45, 7) is 2.89. The topological polar surface area (TPSA) is 23.5 Å². The van der Waals surface area contributed by atoms with Crippen LogP contribution in [0.15, 0.2) is 17.5 Å². The van der Waals surface area contributed by atoms with Gasteiger partial charge in [0.25, 0.3) is 0 Å². The second kappa shape index (κ2) is 3.56. The normalized spacial score (nSPS) is 24.9. The largest absolute Gasteiger partial charge is 0.392 e. The van der Waals surface area contributed by atoms with Gasteiger partial charge >= 0.3 is 0 Å². The molecule has 0 spiro atoms. The fraction of sp³-hybridized carbons (Fsp3) is 0.556. The molecule has 0 aromatic carbocycles. The first-order valence-corrected chi connectivity index (χ1v) is 5.15. The van der Waals surface area contributed by atoms with Crippen LogP contribution in [-0.2, 0) is 6.54 Å². The van der Waals surface area contributed by atoms with Crippen LogP contribution in [0.5, 0.6) is 0 Å². The fourth-order valence-corrected chi connectivity index (χ4v) is 2.32. The Morgan fingerprint density at radius 2 is 2.58 bits per heavy atom. The quantitative estimate of drug-likeness (QED) is 0.747. The van der Waals surface area contributed by atoms with Crippen LogP contribution in [0.2, 0.25) is 0 Å². The highest BCUT2D eigenvalue weighted by Crippen LogP contribution is 2.16. The molecule has 1 aromatic heterocycles. The van der Waals surface area contributed by atoms with Crippen molar-refractivity contribution < 1.29 is 5.11 Å². The molecule has 2 nitrogen and oxygen atoms in total. The second-order valence-electron chi connectivity index (χ2n) is 3.26. The molecule has 1 N–H and O–H groups in total. The maximum Gasteiger partial charge on any atom is 0.0679 e.